The van der Waals surface area contributed by atoms with E-state index < -0.39 is 12.3 Å². The number of aliphatic hydroxyl groups is 1. The predicted octanol–water partition coefficient (Wildman–Crippen LogP) is 3.90. The van der Waals surface area contributed by atoms with Crippen molar-refractivity contribution < 1.29 is 14.9 Å². The minimum atomic E-state index is -0.601. The molecular weight excluding hydrogens is 360 g/mol. The highest BCUT2D eigenvalue weighted by atomic mass is 32.2. The van der Waals surface area contributed by atoms with E-state index in [1.807, 2.05) is 19.1 Å². The summed E-state index contributed by atoms with van der Waals surface area (Å²) < 4.78 is 5.90. The van der Waals surface area contributed by atoms with Crippen molar-refractivity contribution in [3.05, 3.63) is 54.1 Å². The number of thioether (sulfide) groups is 1. The number of phenols is 1. The van der Waals surface area contributed by atoms with Gasteiger partial charge in [0, 0.05) is 4.90 Å². The number of nitriles is 1. The van der Waals surface area contributed by atoms with Gasteiger partial charge in [0.25, 0.3) is 0 Å². The minimum Gasteiger partial charge on any atom is -0.508 e. The number of aromatic hydroxyl groups is 1. The van der Waals surface area contributed by atoms with Gasteiger partial charge < -0.3 is 14.9 Å². The number of ether oxygens (including phenoxy) is 1. The molecule has 0 saturated heterocycles. The molecule has 0 aliphatic heterocycles. The molecular formula is C21H26N2O3S. The second-order valence-corrected chi connectivity index (χ2v) is 7.35. The van der Waals surface area contributed by atoms with Crippen LogP contribution < -0.4 is 10.1 Å². The molecule has 0 aliphatic rings. The van der Waals surface area contributed by atoms with Gasteiger partial charge in [-0.2, -0.15) is 5.26 Å². The van der Waals surface area contributed by atoms with Crippen LogP contribution >= 0.6 is 11.8 Å². The van der Waals surface area contributed by atoms with Crippen LogP contribution in [0.5, 0.6) is 11.5 Å². The maximum absolute atomic E-state index is 10.4. The first-order chi connectivity index (χ1) is 13.1. The Balaban J connectivity index is 1.80. The summed E-state index contributed by atoms with van der Waals surface area (Å²) in [5, 5.41) is 31.8. The van der Waals surface area contributed by atoms with Gasteiger partial charge in [0.15, 0.2) is 6.23 Å². The summed E-state index contributed by atoms with van der Waals surface area (Å²) in [7, 11) is 0. The standard InChI is InChI=1S/C21H26N2O3S/c1-2-4-20(25)21(26-18-9-5-16(15-22)6-10-18)23-13-3-14-27-19-11-7-17(24)8-12-19/h5-12,20-21,23-25H,2-4,13-14H2,1H3. The Morgan fingerprint density at radius 1 is 1.15 bits per heavy atom. The fourth-order valence-electron chi connectivity index (χ4n) is 2.51. The summed E-state index contributed by atoms with van der Waals surface area (Å²) in [6.45, 7) is 2.74. The van der Waals surface area contributed by atoms with E-state index in [2.05, 4.69) is 11.4 Å². The van der Waals surface area contributed by atoms with Crippen LogP contribution in [-0.2, 0) is 0 Å². The molecule has 0 aromatic heterocycles. The summed E-state index contributed by atoms with van der Waals surface area (Å²) in [6, 6.07) is 16.1. The summed E-state index contributed by atoms with van der Waals surface area (Å²) in [4.78, 5) is 1.12. The smallest absolute Gasteiger partial charge is 0.176 e. The first-order valence-corrected chi connectivity index (χ1v) is 10.1. The van der Waals surface area contributed by atoms with Crippen LogP contribution in [-0.4, -0.2) is 34.8 Å². The van der Waals surface area contributed by atoms with Crippen molar-refractivity contribution in [2.24, 2.45) is 0 Å². The summed E-state index contributed by atoms with van der Waals surface area (Å²) in [5.41, 5.74) is 0.576. The van der Waals surface area contributed by atoms with Gasteiger partial charge in [0.05, 0.1) is 11.6 Å². The van der Waals surface area contributed by atoms with E-state index in [0.717, 1.165) is 23.5 Å². The summed E-state index contributed by atoms with van der Waals surface area (Å²) in [6.07, 6.45) is 1.34. The zero-order valence-electron chi connectivity index (χ0n) is 15.5. The zero-order chi connectivity index (χ0) is 19.5. The van der Waals surface area contributed by atoms with Gasteiger partial charge >= 0.3 is 0 Å². The van der Waals surface area contributed by atoms with E-state index in [9.17, 15) is 10.2 Å². The van der Waals surface area contributed by atoms with E-state index >= 15 is 0 Å². The molecule has 2 atom stereocenters. The molecule has 0 radical (unpaired) electrons. The van der Waals surface area contributed by atoms with E-state index in [4.69, 9.17) is 10.00 Å². The van der Waals surface area contributed by atoms with Crippen molar-refractivity contribution in [2.75, 3.05) is 12.3 Å². The van der Waals surface area contributed by atoms with Crippen LogP contribution in [0.15, 0.2) is 53.4 Å². The highest BCUT2D eigenvalue weighted by molar-refractivity contribution is 7.99. The third-order valence-electron chi connectivity index (χ3n) is 3.95. The Morgan fingerprint density at radius 2 is 1.85 bits per heavy atom. The minimum absolute atomic E-state index is 0.272. The highest BCUT2D eigenvalue weighted by Gasteiger charge is 2.19. The average molecular weight is 387 g/mol. The molecule has 27 heavy (non-hydrogen) atoms. The van der Waals surface area contributed by atoms with Crippen molar-refractivity contribution in [2.45, 2.75) is 43.4 Å². The lowest BCUT2D eigenvalue weighted by molar-refractivity contribution is 0.0106. The zero-order valence-corrected chi connectivity index (χ0v) is 16.3. The van der Waals surface area contributed by atoms with E-state index in [-0.39, 0.29) is 5.75 Å². The van der Waals surface area contributed by atoms with Crippen molar-refractivity contribution in [3.63, 3.8) is 0 Å². The Hall–Kier alpha value is -2.20. The Labute approximate surface area is 165 Å². The number of nitrogens with one attached hydrogen (secondary N) is 1. The first-order valence-electron chi connectivity index (χ1n) is 9.12. The Bertz CT molecular complexity index is 714. The third-order valence-corrected chi connectivity index (χ3v) is 5.05. The maximum atomic E-state index is 10.4. The Morgan fingerprint density at radius 3 is 2.48 bits per heavy atom. The van der Waals surface area contributed by atoms with Crippen LogP contribution in [0.4, 0.5) is 0 Å². The van der Waals surface area contributed by atoms with Gasteiger partial charge in [-0.05, 0) is 73.7 Å². The molecule has 0 amide bonds. The Kier molecular flexibility index (Phi) is 8.99. The van der Waals surface area contributed by atoms with Crippen LogP contribution in [0.25, 0.3) is 0 Å². The molecule has 6 heteroatoms. The molecule has 0 spiro atoms. The van der Waals surface area contributed by atoms with Gasteiger partial charge in [-0.3, -0.25) is 5.32 Å². The van der Waals surface area contributed by atoms with E-state index in [1.165, 1.54) is 0 Å². The van der Waals surface area contributed by atoms with Crippen molar-refractivity contribution in [3.8, 4) is 17.6 Å². The molecule has 2 unspecified atom stereocenters. The fourth-order valence-corrected chi connectivity index (χ4v) is 3.36. The van der Waals surface area contributed by atoms with Gasteiger partial charge in [0.2, 0.25) is 0 Å². The second kappa shape index (κ2) is 11.5. The maximum Gasteiger partial charge on any atom is 0.176 e. The van der Waals surface area contributed by atoms with Crippen LogP contribution in [0.1, 0.15) is 31.7 Å². The fraction of sp³-hybridized carbons (Fsp3) is 0.381. The third kappa shape index (κ3) is 7.51. The molecule has 2 aromatic rings. The molecule has 0 heterocycles. The van der Waals surface area contributed by atoms with Gasteiger partial charge in [-0.15, -0.1) is 11.8 Å². The molecule has 0 aliphatic carbocycles. The predicted molar refractivity (Wildman–Crippen MR) is 108 cm³/mol. The van der Waals surface area contributed by atoms with Gasteiger partial charge in [0.1, 0.15) is 17.6 Å². The van der Waals surface area contributed by atoms with Gasteiger partial charge in [-0.25, -0.2) is 0 Å². The van der Waals surface area contributed by atoms with Crippen molar-refractivity contribution in [1.82, 2.24) is 5.32 Å². The molecule has 5 nitrogen and oxygen atoms in total. The van der Waals surface area contributed by atoms with E-state index in [1.54, 1.807) is 48.2 Å². The second-order valence-electron chi connectivity index (χ2n) is 6.18. The number of hydrogen-bond donors (Lipinski definition) is 3. The topological polar surface area (TPSA) is 85.5 Å². The molecule has 144 valence electrons. The first kappa shape index (κ1) is 21.1. The van der Waals surface area contributed by atoms with Crippen LogP contribution in [0.3, 0.4) is 0 Å². The average Bonchev–Trinajstić information content (AvgIpc) is 2.69. The largest absolute Gasteiger partial charge is 0.508 e. The number of phenolic OH excluding ortho intramolecular Hbond substituents is 1. The lowest BCUT2D eigenvalue weighted by atomic mass is 10.2. The van der Waals surface area contributed by atoms with E-state index in [0.29, 0.717) is 24.3 Å². The SMILES string of the molecule is CCCC(O)C(NCCCSc1ccc(O)cc1)Oc1ccc(C#N)cc1. The quantitative estimate of drug-likeness (QED) is 0.308. The lowest BCUT2D eigenvalue weighted by Gasteiger charge is -2.25. The molecule has 2 rings (SSSR count). The summed E-state index contributed by atoms with van der Waals surface area (Å²) in [5.74, 6) is 1.82. The number of benzene rings is 2. The number of aliphatic hydroxyl groups excluding tert-OH is 1. The van der Waals surface area contributed by atoms with Gasteiger partial charge in [-0.1, -0.05) is 13.3 Å². The molecule has 0 saturated carbocycles. The number of nitrogens with zero attached hydrogens (tertiary/aromatic N) is 1. The number of hydrogen-bond acceptors (Lipinski definition) is 6. The normalized spacial score (nSPS) is 12.9. The molecule has 0 fully saturated rings. The van der Waals surface area contributed by atoms with Crippen LogP contribution in [0.2, 0.25) is 0 Å². The highest BCUT2D eigenvalue weighted by Crippen LogP contribution is 2.21. The molecule has 2 aromatic carbocycles. The van der Waals surface area contributed by atoms with Crippen molar-refractivity contribution >= 4 is 11.8 Å². The molecule has 3 N–H and O–H groups in total. The molecule has 0 bridgehead atoms. The van der Waals surface area contributed by atoms with Crippen LogP contribution in [0, 0.1) is 11.3 Å². The van der Waals surface area contributed by atoms with Crippen molar-refractivity contribution in [1.29, 1.82) is 5.26 Å². The lowest BCUT2D eigenvalue weighted by Crippen LogP contribution is -2.45. The number of rotatable bonds is 11. The monoisotopic (exact) mass is 386 g/mol. The summed E-state index contributed by atoms with van der Waals surface area (Å²) >= 11 is 1.72.